The lowest BCUT2D eigenvalue weighted by Crippen LogP contribution is -2.07. The standard InChI is InChI=1S/C14H13NO3/c1-10(16)13-3-2-8-15(13)9-11-4-6-12(7-5-11)14(17)18/h2-8H,9H2,1H3,(H,17,18). The van der Waals surface area contributed by atoms with Crippen molar-refractivity contribution in [2.45, 2.75) is 13.5 Å². The molecule has 0 fully saturated rings. The smallest absolute Gasteiger partial charge is 0.335 e. The van der Waals surface area contributed by atoms with Gasteiger partial charge in [-0.05, 0) is 29.8 Å². The van der Waals surface area contributed by atoms with E-state index in [-0.39, 0.29) is 11.3 Å². The van der Waals surface area contributed by atoms with Crippen molar-refractivity contribution in [3.8, 4) is 0 Å². The molecular weight excluding hydrogens is 230 g/mol. The van der Waals surface area contributed by atoms with Gasteiger partial charge >= 0.3 is 5.97 Å². The predicted molar refractivity (Wildman–Crippen MR) is 66.9 cm³/mol. The van der Waals surface area contributed by atoms with Gasteiger partial charge in [-0.1, -0.05) is 12.1 Å². The highest BCUT2D eigenvalue weighted by atomic mass is 16.4. The fraction of sp³-hybridized carbons (Fsp3) is 0.143. The number of ketones is 1. The van der Waals surface area contributed by atoms with Gasteiger partial charge in [-0.25, -0.2) is 4.79 Å². The molecule has 0 radical (unpaired) electrons. The maximum Gasteiger partial charge on any atom is 0.335 e. The van der Waals surface area contributed by atoms with Crippen molar-refractivity contribution in [3.05, 3.63) is 59.4 Å². The van der Waals surface area contributed by atoms with Gasteiger partial charge in [0.05, 0.1) is 11.3 Å². The highest BCUT2D eigenvalue weighted by Gasteiger charge is 2.07. The molecule has 1 aromatic carbocycles. The van der Waals surface area contributed by atoms with Gasteiger partial charge in [-0.3, -0.25) is 4.79 Å². The Balaban J connectivity index is 2.21. The van der Waals surface area contributed by atoms with E-state index in [1.165, 1.54) is 6.92 Å². The number of carboxylic acid groups (broad SMARTS) is 1. The molecule has 0 bridgehead atoms. The molecule has 0 saturated carbocycles. The Labute approximate surface area is 104 Å². The van der Waals surface area contributed by atoms with E-state index in [4.69, 9.17) is 5.11 Å². The van der Waals surface area contributed by atoms with Gasteiger partial charge in [0, 0.05) is 19.7 Å². The van der Waals surface area contributed by atoms with Crippen molar-refractivity contribution in [1.29, 1.82) is 0 Å². The Kier molecular flexibility index (Phi) is 3.28. The molecule has 0 aliphatic heterocycles. The van der Waals surface area contributed by atoms with Crippen LogP contribution >= 0.6 is 0 Å². The summed E-state index contributed by atoms with van der Waals surface area (Å²) in [6.45, 7) is 2.08. The van der Waals surface area contributed by atoms with Crippen LogP contribution in [0, 0.1) is 0 Å². The number of hydrogen-bond donors (Lipinski definition) is 1. The molecule has 4 nitrogen and oxygen atoms in total. The summed E-state index contributed by atoms with van der Waals surface area (Å²) in [6, 6.07) is 10.2. The monoisotopic (exact) mass is 243 g/mol. The number of aromatic nitrogens is 1. The first-order valence-corrected chi connectivity index (χ1v) is 5.56. The van der Waals surface area contributed by atoms with Crippen LogP contribution in [-0.4, -0.2) is 21.4 Å². The molecule has 0 spiro atoms. The van der Waals surface area contributed by atoms with Crippen molar-refractivity contribution < 1.29 is 14.7 Å². The van der Waals surface area contributed by atoms with Crippen molar-refractivity contribution in [2.24, 2.45) is 0 Å². The van der Waals surface area contributed by atoms with E-state index >= 15 is 0 Å². The SMILES string of the molecule is CC(=O)c1cccn1Cc1ccc(C(=O)O)cc1. The zero-order valence-electron chi connectivity index (χ0n) is 9.96. The Morgan fingerprint density at radius 3 is 2.39 bits per heavy atom. The number of Topliss-reactive ketones (excluding diaryl/α,β-unsaturated/α-hetero) is 1. The van der Waals surface area contributed by atoms with Crippen molar-refractivity contribution in [3.63, 3.8) is 0 Å². The molecular formula is C14H13NO3. The summed E-state index contributed by atoms with van der Waals surface area (Å²) in [5.41, 5.74) is 1.87. The van der Waals surface area contributed by atoms with Crippen LogP contribution in [0.25, 0.3) is 0 Å². The molecule has 18 heavy (non-hydrogen) atoms. The summed E-state index contributed by atoms with van der Waals surface area (Å²) in [7, 11) is 0. The lowest BCUT2D eigenvalue weighted by atomic mass is 10.1. The molecule has 1 heterocycles. The Morgan fingerprint density at radius 2 is 1.83 bits per heavy atom. The molecule has 1 N–H and O–H groups in total. The lowest BCUT2D eigenvalue weighted by Gasteiger charge is -2.07. The lowest BCUT2D eigenvalue weighted by molar-refractivity contribution is 0.0696. The van der Waals surface area contributed by atoms with E-state index in [1.807, 2.05) is 16.8 Å². The van der Waals surface area contributed by atoms with Crippen LogP contribution in [0.15, 0.2) is 42.6 Å². The predicted octanol–water partition coefficient (Wildman–Crippen LogP) is 2.44. The summed E-state index contributed by atoms with van der Waals surface area (Å²) < 4.78 is 1.85. The normalized spacial score (nSPS) is 10.3. The summed E-state index contributed by atoms with van der Waals surface area (Å²) in [6.07, 6.45) is 1.84. The van der Waals surface area contributed by atoms with Crippen LogP contribution in [0.2, 0.25) is 0 Å². The van der Waals surface area contributed by atoms with Gasteiger partial charge < -0.3 is 9.67 Å². The van der Waals surface area contributed by atoms with Gasteiger partial charge in [0.25, 0.3) is 0 Å². The third-order valence-corrected chi connectivity index (χ3v) is 2.74. The number of carboxylic acids is 1. The van der Waals surface area contributed by atoms with Crippen LogP contribution in [-0.2, 0) is 6.54 Å². The van der Waals surface area contributed by atoms with E-state index < -0.39 is 5.97 Å². The fourth-order valence-corrected chi connectivity index (χ4v) is 1.82. The molecule has 0 aliphatic rings. The van der Waals surface area contributed by atoms with Crippen molar-refractivity contribution >= 4 is 11.8 Å². The van der Waals surface area contributed by atoms with Gasteiger partial charge in [-0.15, -0.1) is 0 Å². The Morgan fingerprint density at radius 1 is 1.17 bits per heavy atom. The number of aromatic carboxylic acids is 1. The summed E-state index contributed by atoms with van der Waals surface area (Å²) in [5, 5.41) is 8.80. The topological polar surface area (TPSA) is 59.3 Å². The summed E-state index contributed by atoms with van der Waals surface area (Å²) in [4.78, 5) is 22.1. The second kappa shape index (κ2) is 4.87. The Hall–Kier alpha value is -2.36. The van der Waals surface area contributed by atoms with E-state index in [0.29, 0.717) is 12.2 Å². The molecule has 0 unspecified atom stereocenters. The maximum atomic E-state index is 11.4. The van der Waals surface area contributed by atoms with Gasteiger partial charge in [-0.2, -0.15) is 0 Å². The minimum atomic E-state index is -0.938. The number of rotatable bonds is 4. The molecule has 0 atom stereocenters. The molecule has 2 aromatic rings. The number of carbonyl (C=O) groups excluding carboxylic acids is 1. The van der Waals surface area contributed by atoms with Crippen LogP contribution in [0.5, 0.6) is 0 Å². The molecule has 4 heteroatoms. The van der Waals surface area contributed by atoms with Crippen LogP contribution in [0.1, 0.15) is 33.3 Å². The zero-order valence-corrected chi connectivity index (χ0v) is 9.96. The summed E-state index contributed by atoms with van der Waals surface area (Å²) >= 11 is 0. The molecule has 0 amide bonds. The second-order valence-electron chi connectivity index (χ2n) is 4.08. The average molecular weight is 243 g/mol. The van der Waals surface area contributed by atoms with E-state index in [2.05, 4.69) is 0 Å². The first-order valence-electron chi connectivity index (χ1n) is 5.56. The van der Waals surface area contributed by atoms with E-state index in [0.717, 1.165) is 5.56 Å². The number of carbonyl (C=O) groups is 2. The third kappa shape index (κ3) is 2.48. The number of nitrogens with zero attached hydrogens (tertiary/aromatic N) is 1. The molecule has 0 aliphatic carbocycles. The molecule has 1 aromatic heterocycles. The fourth-order valence-electron chi connectivity index (χ4n) is 1.82. The quantitative estimate of drug-likeness (QED) is 0.839. The summed E-state index contributed by atoms with van der Waals surface area (Å²) in [5.74, 6) is -0.922. The second-order valence-corrected chi connectivity index (χ2v) is 4.08. The van der Waals surface area contributed by atoms with Crippen molar-refractivity contribution in [2.75, 3.05) is 0 Å². The van der Waals surface area contributed by atoms with Crippen molar-refractivity contribution in [1.82, 2.24) is 4.57 Å². The minimum absolute atomic E-state index is 0.0159. The van der Waals surface area contributed by atoms with Crippen LogP contribution < -0.4 is 0 Å². The first-order chi connectivity index (χ1) is 8.58. The van der Waals surface area contributed by atoms with Crippen LogP contribution in [0.3, 0.4) is 0 Å². The Bertz CT molecular complexity index is 581. The van der Waals surface area contributed by atoms with E-state index in [1.54, 1.807) is 30.3 Å². The molecule has 92 valence electrons. The van der Waals surface area contributed by atoms with Gasteiger partial charge in [0.2, 0.25) is 0 Å². The average Bonchev–Trinajstić information content (AvgIpc) is 2.78. The number of hydrogen-bond acceptors (Lipinski definition) is 2. The highest BCUT2D eigenvalue weighted by Crippen LogP contribution is 2.10. The van der Waals surface area contributed by atoms with E-state index in [9.17, 15) is 9.59 Å². The maximum absolute atomic E-state index is 11.4. The minimum Gasteiger partial charge on any atom is -0.478 e. The largest absolute Gasteiger partial charge is 0.478 e. The zero-order chi connectivity index (χ0) is 13.1. The van der Waals surface area contributed by atoms with Crippen LogP contribution in [0.4, 0.5) is 0 Å². The molecule has 2 rings (SSSR count). The van der Waals surface area contributed by atoms with Gasteiger partial charge in [0.15, 0.2) is 5.78 Å². The number of benzene rings is 1. The molecule has 0 saturated heterocycles. The third-order valence-electron chi connectivity index (χ3n) is 2.74. The first kappa shape index (κ1) is 12.1. The highest BCUT2D eigenvalue weighted by molar-refractivity contribution is 5.92. The van der Waals surface area contributed by atoms with Gasteiger partial charge in [0.1, 0.15) is 0 Å².